The first-order valence-corrected chi connectivity index (χ1v) is 10.9. The van der Waals surface area contributed by atoms with E-state index in [9.17, 15) is 19.2 Å². The Morgan fingerprint density at radius 3 is 2.41 bits per heavy atom. The summed E-state index contributed by atoms with van der Waals surface area (Å²) >= 11 is 0. The molecular weight excluding hydrogens is 432 g/mol. The first kappa shape index (κ1) is 22.8. The number of anilines is 1. The number of fused-ring (bicyclic) bond motifs is 1. The number of amides is 4. The molecular formula is C26H24N4O4. The first-order chi connectivity index (χ1) is 16.3. The van der Waals surface area contributed by atoms with Crippen LogP contribution >= 0.6 is 0 Å². The summed E-state index contributed by atoms with van der Waals surface area (Å²) in [7, 11) is 0. The molecule has 0 fully saturated rings. The molecule has 4 amide bonds. The first-order valence-electron chi connectivity index (χ1n) is 10.9. The average Bonchev–Trinajstić information content (AvgIpc) is 3.07. The molecule has 0 radical (unpaired) electrons. The van der Waals surface area contributed by atoms with Crippen LogP contribution in [0.5, 0.6) is 0 Å². The van der Waals surface area contributed by atoms with Crippen molar-refractivity contribution in [1.29, 1.82) is 0 Å². The van der Waals surface area contributed by atoms with Crippen LogP contribution in [0.25, 0.3) is 0 Å². The van der Waals surface area contributed by atoms with Crippen LogP contribution in [-0.2, 0) is 6.54 Å². The Labute approximate surface area is 197 Å². The van der Waals surface area contributed by atoms with Crippen LogP contribution < -0.4 is 10.6 Å². The second-order valence-corrected chi connectivity index (χ2v) is 8.41. The van der Waals surface area contributed by atoms with Crippen LogP contribution in [0.15, 0.2) is 67.0 Å². The Hall–Kier alpha value is -4.33. The molecule has 0 bridgehead atoms. The quantitative estimate of drug-likeness (QED) is 0.529. The van der Waals surface area contributed by atoms with Gasteiger partial charge in [-0.2, -0.15) is 0 Å². The summed E-state index contributed by atoms with van der Waals surface area (Å²) in [5.41, 5.74) is 2.53. The zero-order valence-electron chi connectivity index (χ0n) is 18.9. The fourth-order valence-corrected chi connectivity index (χ4v) is 3.73. The maximum absolute atomic E-state index is 12.8. The molecule has 0 spiro atoms. The van der Waals surface area contributed by atoms with E-state index in [0.717, 1.165) is 0 Å². The van der Waals surface area contributed by atoms with Crippen LogP contribution in [0, 0.1) is 5.92 Å². The lowest BCUT2D eigenvalue weighted by Crippen LogP contribution is -2.33. The molecule has 0 unspecified atom stereocenters. The van der Waals surface area contributed by atoms with Crippen molar-refractivity contribution in [3.63, 3.8) is 0 Å². The number of carbonyl (C=O) groups is 4. The highest BCUT2D eigenvalue weighted by atomic mass is 16.2. The van der Waals surface area contributed by atoms with Gasteiger partial charge in [-0.1, -0.05) is 32.0 Å². The molecule has 0 saturated carbocycles. The molecule has 4 rings (SSSR count). The van der Waals surface area contributed by atoms with E-state index in [1.54, 1.807) is 36.5 Å². The van der Waals surface area contributed by atoms with E-state index >= 15 is 0 Å². The molecule has 34 heavy (non-hydrogen) atoms. The van der Waals surface area contributed by atoms with Gasteiger partial charge in [-0.25, -0.2) is 0 Å². The number of pyridine rings is 1. The number of nitrogens with one attached hydrogen (secondary N) is 2. The lowest BCUT2D eigenvalue weighted by molar-refractivity contribution is 0.0635. The van der Waals surface area contributed by atoms with Crippen molar-refractivity contribution in [2.45, 2.75) is 20.4 Å². The van der Waals surface area contributed by atoms with Gasteiger partial charge < -0.3 is 10.6 Å². The molecule has 1 aliphatic rings. The topological polar surface area (TPSA) is 108 Å². The van der Waals surface area contributed by atoms with Gasteiger partial charge >= 0.3 is 0 Å². The minimum atomic E-state index is -0.390. The van der Waals surface area contributed by atoms with Crippen LogP contribution in [0.1, 0.15) is 60.8 Å². The Morgan fingerprint density at radius 2 is 1.68 bits per heavy atom. The summed E-state index contributed by atoms with van der Waals surface area (Å²) in [5, 5.41) is 5.65. The number of carbonyl (C=O) groups excluding carboxylic acids is 4. The number of nitrogens with zero attached hydrogens (tertiary/aromatic N) is 2. The van der Waals surface area contributed by atoms with Gasteiger partial charge in [0, 0.05) is 36.7 Å². The summed E-state index contributed by atoms with van der Waals surface area (Å²) in [6.45, 7) is 4.35. The monoisotopic (exact) mass is 456 g/mol. The predicted octanol–water partition coefficient (Wildman–Crippen LogP) is 3.52. The maximum Gasteiger partial charge on any atom is 0.261 e. The smallest absolute Gasteiger partial charge is 0.261 e. The van der Waals surface area contributed by atoms with Gasteiger partial charge in [-0.05, 0) is 47.9 Å². The van der Waals surface area contributed by atoms with Crippen molar-refractivity contribution in [1.82, 2.24) is 15.2 Å². The summed E-state index contributed by atoms with van der Waals surface area (Å²) in [5.74, 6) is -1.27. The minimum absolute atomic E-state index is 0.142. The number of hydrogen-bond donors (Lipinski definition) is 2. The summed E-state index contributed by atoms with van der Waals surface area (Å²) in [6.07, 6.45) is 3.06. The van der Waals surface area contributed by atoms with E-state index in [2.05, 4.69) is 15.6 Å². The van der Waals surface area contributed by atoms with Crippen LogP contribution in [-0.4, -0.2) is 40.1 Å². The number of rotatable bonds is 7. The molecule has 2 aromatic carbocycles. The molecule has 1 aromatic heterocycles. The van der Waals surface area contributed by atoms with Crippen molar-refractivity contribution in [2.75, 3.05) is 11.9 Å². The van der Waals surface area contributed by atoms with Gasteiger partial charge in [0.15, 0.2) is 0 Å². The Bertz CT molecular complexity index is 1270. The third kappa shape index (κ3) is 4.71. The number of benzene rings is 2. The largest absolute Gasteiger partial charge is 0.348 e. The average molecular weight is 457 g/mol. The Morgan fingerprint density at radius 1 is 0.912 bits per heavy atom. The summed E-state index contributed by atoms with van der Waals surface area (Å²) in [6, 6.07) is 15.0. The molecule has 2 N–H and O–H groups in total. The molecule has 3 aromatic rings. The predicted molar refractivity (Wildman–Crippen MR) is 126 cm³/mol. The van der Waals surface area contributed by atoms with Crippen LogP contribution in [0.3, 0.4) is 0 Å². The maximum atomic E-state index is 12.8. The Kier molecular flexibility index (Phi) is 6.49. The van der Waals surface area contributed by atoms with Crippen molar-refractivity contribution in [2.24, 2.45) is 5.92 Å². The molecule has 1 aliphatic heterocycles. The molecule has 172 valence electrons. The summed E-state index contributed by atoms with van der Waals surface area (Å²) in [4.78, 5) is 55.7. The van der Waals surface area contributed by atoms with E-state index in [1.807, 2.05) is 19.9 Å². The highest BCUT2D eigenvalue weighted by Crippen LogP contribution is 2.25. The van der Waals surface area contributed by atoms with Crippen LogP contribution in [0.2, 0.25) is 0 Å². The molecule has 8 heteroatoms. The standard InChI is InChI=1S/C26H24N4O4/c1-16(2)15-30-25(33)20-10-9-17(12-21(20)26(30)34)23(31)28-14-18-6-3-4-8-22(18)29-24(32)19-7-5-11-27-13-19/h3-13,16H,14-15H2,1-2H3,(H,28,31)(H,29,32). The second kappa shape index (κ2) is 9.66. The fraction of sp³-hybridized carbons (Fsp3) is 0.192. The van der Waals surface area contributed by atoms with Gasteiger partial charge in [-0.15, -0.1) is 0 Å². The zero-order chi connectivity index (χ0) is 24.2. The molecule has 0 saturated heterocycles. The lowest BCUT2D eigenvalue weighted by Gasteiger charge is -2.15. The van der Waals surface area contributed by atoms with Crippen molar-refractivity contribution in [3.05, 3.63) is 94.8 Å². The van der Waals surface area contributed by atoms with Gasteiger partial charge in [0.25, 0.3) is 23.6 Å². The fourth-order valence-electron chi connectivity index (χ4n) is 3.73. The van der Waals surface area contributed by atoms with Crippen molar-refractivity contribution >= 4 is 29.3 Å². The highest BCUT2D eigenvalue weighted by molar-refractivity contribution is 6.22. The number of imide groups is 1. The molecule has 2 heterocycles. The molecule has 8 nitrogen and oxygen atoms in total. The van der Waals surface area contributed by atoms with Crippen LogP contribution in [0.4, 0.5) is 5.69 Å². The zero-order valence-corrected chi connectivity index (χ0v) is 18.9. The van der Waals surface area contributed by atoms with E-state index in [0.29, 0.717) is 28.9 Å². The molecule has 0 aliphatic carbocycles. The van der Waals surface area contributed by atoms with E-state index in [1.165, 1.54) is 29.3 Å². The van der Waals surface area contributed by atoms with E-state index < -0.39 is 5.91 Å². The van der Waals surface area contributed by atoms with Gasteiger partial charge in [0.2, 0.25) is 0 Å². The normalized spacial score (nSPS) is 12.6. The van der Waals surface area contributed by atoms with Crippen molar-refractivity contribution in [3.8, 4) is 0 Å². The highest BCUT2D eigenvalue weighted by Gasteiger charge is 2.36. The van der Waals surface area contributed by atoms with Crippen molar-refractivity contribution < 1.29 is 19.2 Å². The SMILES string of the molecule is CC(C)CN1C(=O)c2ccc(C(=O)NCc3ccccc3NC(=O)c3cccnc3)cc2C1=O. The van der Waals surface area contributed by atoms with E-state index in [-0.39, 0.29) is 41.3 Å². The lowest BCUT2D eigenvalue weighted by atomic mass is 10.1. The molecule has 0 atom stereocenters. The Balaban J connectivity index is 1.46. The van der Waals surface area contributed by atoms with Gasteiger partial charge in [0.05, 0.1) is 16.7 Å². The van der Waals surface area contributed by atoms with Gasteiger partial charge in [-0.3, -0.25) is 29.1 Å². The third-order valence-electron chi connectivity index (χ3n) is 5.41. The number of aromatic nitrogens is 1. The number of para-hydroxylation sites is 1. The third-order valence-corrected chi connectivity index (χ3v) is 5.41. The van der Waals surface area contributed by atoms with E-state index in [4.69, 9.17) is 0 Å². The minimum Gasteiger partial charge on any atom is -0.348 e. The summed E-state index contributed by atoms with van der Waals surface area (Å²) < 4.78 is 0. The second-order valence-electron chi connectivity index (χ2n) is 8.41. The number of hydrogen-bond acceptors (Lipinski definition) is 5. The van der Waals surface area contributed by atoms with Gasteiger partial charge in [0.1, 0.15) is 0 Å².